The zero-order chi connectivity index (χ0) is 11.8. The number of anilines is 1. The second kappa shape index (κ2) is 7.20. The molecule has 1 N–H and O–H groups in total. The zero-order valence-corrected chi connectivity index (χ0v) is 10.7. The van der Waals surface area contributed by atoms with Crippen LogP contribution in [0, 0.1) is 6.92 Å². The van der Waals surface area contributed by atoms with Gasteiger partial charge in [-0.1, -0.05) is 33.1 Å². The monoisotopic (exact) mass is 221 g/mol. The lowest BCUT2D eigenvalue weighted by Crippen LogP contribution is -2.20. The van der Waals surface area contributed by atoms with Gasteiger partial charge in [0.2, 0.25) is 0 Å². The Hall–Kier alpha value is -1.12. The quantitative estimate of drug-likeness (QED) is 0.765. The molecule has 1 aromatic rings. The van der Waals surface area contributed by atoms with Gasteiger partial charge in [0.15, 0.2) is 0 Å². The fourth-order valence-electron chi connectivity index (χ4n) is 1.77. The summed E-state index contributed by atoms with van der Waals surface area (Å²) in [5.74, 6) is 0.903. The molecule has 0 amide bonds. The second-order valence-corrected chi connectivity index (χ2v) is 4.33. The van der Waals surface area contributed by atoms with Crippen LogP contribution in [0.15, 0.2) is 12.1 Å². The largest absolute Gasteiger partial charge is 0.366 e. The predicted octanol–water partition coefficient (Wildman–Crippen LogP) is 3.56. The topological polar surface area (TPSA) is 37.8 Å². The van der Waals surface area contributed by atoms with Crippen LogP contribution in [0.2, 0.25) is 0 Å². The van der Waals surface area contributed by atoms with E-state index in [4.69, 9.17) is 0 Å². The normalized spacial score (nSPS) is 12.4. The summed E-state index contributed by atoms with van der Waals surface area (Å²) in [7, 11) is 0. The number of nitrogens with zero attached hydrogens (tertiary/aromatic N) is 2. The fraction of sp³-hybridized carbons (Fsp3) is 0.692. The summed E-state index contributed by atoms with van der Waals surface area (Å²) in [5.41, 5.74) is 0.964. The molecular formula is C13H23N3. The maximum absolute atomic E-state index is 4.15. The van der Waals surface area contributed by atoms with E-state index in [1.54, 1.807) is 0 Å². The van der Waals surface area contributed by atoms with E-state index in [1.165, 1.54) is 32.1 Å². The lowest BCUT2D eigenvalue weighted by Gasteiger charge is -2.17. The van der Waals surface area contributed by atoms with Crippen molar-refractivity contribution in [1.82, 2.24) is 10.2 Å². The summed E-state index contributed by atoms with van der Waals surface area (Å²) in [6, 6.07) is 4.55. The van der Waals surface area contributed by atoms with Crippen molar-refractivity contribution in [1.29, 1.82) is 0 Å². The molecule has 0 fully saturated rings. The molecule has 3 nitrogen and oxygen atoms in total. The van der Waals surface area contributed by atoms with Crippen LogP contribution in [0.1, 0.15) is 51.6 Å². The molecule has 1 heterocycles. The van der Waals surface area contributed by atoms with Crippen LogP contribution in [0.5, 0.6) is 0 Å². The van der Waals surface area contributed by atoms with Crippen LogP contribution in [0.4, 0.5) is 5.82 Å². The lowest BCUT2D eigenvalue weighted by atomic mass is 10.1. The van der Waals surface area contributed by atoms with Gasteiger partial charge in [-0.05, 0) is 31.9 Å². The smallest absolute Gasteiger partial charge is 0.148 e. The number of aromatic nitrogens is 2. The second-order valence-electron chi connectivity index (χ2n) is 4.33. The highest BCUT2D eigenvalue weighted by molar-refractivity contribution is 5.33. The van der Waals surface area contributed by atoms with Gasteiger partial charge in [0.05, 0.1) is 5.69 Å². The number of hydrogen-bond acceptors (Lipinski definition) is 3. The molecule has 1 aromatic heterocycles. The Kier molecular flexibility index (Phi) is 5.83. The van der Waals surface area contributed by atoms with Crippen molar-refractivity contribution in [3.05, 3.63) is 17.8 Å². The summed E-state index contributed by atoms with van der Waals surface area (Å²) in [5, 5.41) is 11.7. The van der Waals surface area contributed by atoms with E-state index in [1.807, 2.05) is 19.1 Å². The predicted molar refractivity (Wildman–Crippen MR) is 68.6 cm³/mol. The van der Waals surface area contributed by atoms with Gasteiger partial charge in [0.25, 0.3) is 0 Å². The van der Waals surface area contributed by atoms with Crippen LogP contribution in [-0.4, -0.2) is 16.2 Å². The van der Waals surface area contributed by atoms with Gasteiger partial charge in [0.1, 0.15) is 5.82 Å². The van der Waals surface area contributed by atoms with Gasteiger partial charge >= 0.3 is 0 Å². The van der Waals surface area contributed by atoms with Gasteiger partial charge < -0.3 is 5.32 Å². The van der Waals surface area contributed by atoms with Crippen molar-refractivity contribution in [3.8, 4) is 0 Å². The van der Waals surface area contributed by atoms with Crippen molar-refractivity contribution in [2.24, 2.45) is 0 Å². The molecule has 16 heavy (non-hydrogen) atoms. The number of hydrogen-bond donors (Lipinski definition) is 1. The SMILES string of the molecule is CCCCC(CCC)Nc1ccc(C)nn1. The van der Waals surface area contributed by atoms with Crippen molar-refractivity contribution >= 4 is 5.82 Å². The van der Waals surface area contributed by atoms with Crippen LogP contribution >= 0.6 is 0 Å². The molecule has 0 bridgehead atoms. The highest BCUT2D eigenvalue weighted by Crippen LogP contribution is 2.12. The van der Waals surface area contributed by atoms with E-state index in [0.717, 1.165) is 11.5 Å². The first kappa shape index (κ1) is 12.9. The lowest BCUT2D eigenvalue weighted by molar-refractivity contribution is 0.562. The molecule has 0 aliphatic carbocycles. The third kappa shape index (κ3) is 4.60. The third-order valence-corrected chi connectivity index (χ3v) is 2.69. The van der Waals surface area contributed by atoms with Gasteiger partial charge in [-0.15, -0.1) is 5.10 Å². The van der Waals surface area contributed by atoms with Gasteiger partial charge in [-0.2, -0.15) is 5.10 Å². The van der Waals surface area contributed by atoms with Crippen molar-refractivity contribution in [2.45, 2.75) is 58.9 Å². The van der Waals surface area contributed by atoms with Crippen LogP contribution in [0.25, 0.3) is 0 Å². The molecule has 90 valence electrons. The van der Waals surface area contributed by atoms with Crippen LogP contribution < -0.4 is 5.32 Å². The van der Waals surface area contributed by atoms with Gasteiger partial charge in [-0.25, -0.2) is 0 Å². The van der Waals surface area contributed by atoms with Gasteiger partial charge in [-0.3, -0.25) is 0 Å². The molecule has 0 aliphatic rings. The first-order valence-electron chi connectivity index (χ1n) is 6.33. The molecule has 0 aliphatic heterocycles. The first-order chi connectivity index (χ1) is 7.76. The van der Waals surface area contributed by atoms with E-state index in [9.17, 15) is 0 Å². The molecule has 0 spiro atoms. The molecule has 0 saturated heterocycles. The molecule has 1 unspecified atom stereocenters. The minimum Gasteiger partial charge on any atom is -0.366 e. The Morgan fingerprint density at radius 2 is 1.94 bits per heavy atom. The minimum absolute atomic E-state index is 0.543. The number of nitrogens with one attached hydrogen (secondary N) is 1. The van der Waals surface area contributed by atoms with Crippen molar-refractivity contribution in [2.75, 3.05) is 5.32 Å². The molecule has 0 aromatic carbocycles. The standard InChI is InChI=1S/C13H23N3/c1-4-6-8-12(7-5-2)14-13-10-9-11(3)15-16-13/h9-10,12H,4-8H2,1-3H3,(H,14,16). The number of unbranched alkanes of at least 4 members (excludes halogenated alkanes) is 1. The molecule has 0 radical (unpaired) electrons. The average Bonchev–Trinajstić information content (AvgIpc) is 2.29. The van der Waals surface area contributed by atoms with Crippen molar-refractivity contribution < 1.29 is 0 Å². The summed E-state index contributed by atoms with van der Waals surface area (Å²) in [6.07, 6.45) is 6.16. The minimum atomic E-state index is 0.543. The van der Waals surface area contributed by atoms with Crippen molar-refractivity contribution in [3.63, 3.8) is 0 Å². The van der Waals surface area contributed by atoms with E-state index >= 15 is 0 Å². The maximum Gasteiger partial charge on any atom is 0.148 e. The summed E-state index contributed by atoms with van der Waals surface area (Å²) in [4.78, 5) is 0. The summed E-state index contributed by atoms with van der Waals surface area (Å²) in [6.45, 7) is 6.41. The Bertz CT molecular complexity index is 282. The van der Waals surface area contributed by atoms with E-state index in [-0.39, 0.29) is 0 Å². The Morgan fingerprint density at radius 3 is 2.50 bits per heavy atom. The highest BCUT2D eigenvalue weighted by Gasteiger charge is 2.07. The molecular weight excluding hydrogens is 198 g/mol. The molecule has 0 saturated carbocycles. The zero-order valence-electron chi connectivity index (χ0n) is 10.7. The average molecular weight is 221 g/mol. The van der Waals surface area contributed by atoms with Crippen LogP contribution in [0.3, 0.4) is 0 Å². The number of aryl methyl sites for hydroxylation is 1. The fourth-order valence-corrected chi connectivity index (χ4v) is 1.77. The summed E-state index contributed by atoms with van der Waals surface area (Å²) >= 11 is 0. The van der Waals surface area contributed by atoms with E-state index < -0.39 is 0 Å². The first-order valence-corrected chi connectivity index (χ1v) is 6.33. The molecule has 1 rings (SSSR count). The van der Waals surface area contributed by atoms with E-state index in [2.05, 4.69) is 29.4 Å². The Morgan fingerprint density at radius 1 is 1.12 bits per heavy atom. The van der Waals surface area contributed by atoms with Gasteiger partial charge in [0, 0.05) is 6.04 Å². The Balaban J connectivity index is 2.49. The molecule has 1 atom stereocenters. The Labute approximate surface area is 98.7 Å². The van der Waals surface area contributed by atoms with Crippen LogP contribution in [-0.2, 0) is 0 Å². The highest BCUT2D eigenvalue weighted by atomic mass is 15.2. The molecule has 3 heteroatoms. The maximum atomic E-state index is 4.15. The number of rotatable bonds is 7. The van der Waals surface area contributed by atoms with E-state index in [0.29, 0.717) is 6.04 Å². The summed E-state index contributed by atoms with van der Waals surface area (Å²) < 4.78 is 0. The third-order valence-electron chi connectivity index (χ3n) is 2.69.